The van der Waals surface area contributed by atoms with Gasteiger partial charge in [-0.15, -0.1) is 0 Å². The van der Waals surface area contributed by atoms with Crippen LogP contribution < -0.4 is 4.90 Å². The van der Waals surface area contributed by atoms with Gasteiger partial charge in [-0.2, -0.15) is 0 Å². The molecule has 146 valence electrons. The Bertz CT molecular complexity index is 992. The Morgan fingerprint density at radius 2 is 1.72 bits per heavy atom. The molecule has 2 aromatic heterocycles. The van der Waals surface area contributed by atoms with Crippen LogP contribution in [0.15, 0.2) is 73.2 Å². The zero-order chi connectivity index (χ0) is 20.1. The van der Waals surface area contributed by atoms with Crippen molar-refractivity contribution >= 4 is 17.6 Å². The quantitative estimate of drug-likeness (QED) is 0.580. The van der Waals surface area contributed by atoms with Crippen molar-refractivity contribution in [3.8, 4) is 0 Å². The van der Waals surface area contributed by atoms with Crippen LogP contribution in [-0.2, 0) is 13.0 Å². The topological polar surface area (TPSA) is 66.4 Å². The maximum atomic E-state index is 12.8. The highest BCUT2D eigenvalue weighted by Gasteiger charge is 2.30. The molecule has 1 fully saturated rings. The van der Waals surface area contributed by atoms with Gasteiger partial charge in [-0.25, -0.2) is 9.78 Å². The number of aromatic nitrogens is 2. The molecule has 0 spiro atoms. The molecule has 0 saturated carbocycles. The zero-order valence-electron chi connectivity index (χ0n) is 16.1. The highest BCUT2D eigenvalue weighted by molar-refractivity contribution is 5.98. The first kappa shape index (κ1) is 18.8. The average molecular weight is 386 g/mol. The molecule has 1 aliphatic heterocycles. The van der Waals surface area contributed by atoms with Gasteiger partial charge in [0.15, 0.2) is 5.78 Å². The van der Waals surface area contributed by atoms with E-state index in [1.807, 2.05) is 42.5 Å². The van der Waals surface area contributed by atoms with Gasteiger partial charge in [0.1, 0.15) is 5.82 Å². The lowest BCUT2D eigenvalue weighted by molar-refractivity contribution is 0.0982. The van der Waals surface area contributed by atoms with Gasteiger partial charge in [0.25, 0.3) is 0 Å². The Labute approximate surface area is 169 Å². The Morgan fingerprint density at radius 1 is 0.931 bits per heavy atom. The number of hydrogen-bond acceptors (Lipinski definition) is 4. The van der Waals surface area contributed by atoms with Crippen LogP contribution in [0.3, 0.4) is 0 Å². The molecular formula is C23H22N4O2. The fourth-order valence-corrected chi connectivity index (χ4v) is 3.44. The van der Waals surface area contributed by atoms with Gasteiger partial charge in [0, 0.05) is 50.2 Å². The summed E-state index contributed by atoms with van der Waals surface area (Å²) in [6.45, 7) is 1.71. The number of ketones is 1. The number of rotatable bonds is 7. The van der Waals surface area contributed by atoms with Crippen LogP contribution in [0.2, 0.25) is 0 Å². The first-order chi connectivity index (χ1) is 14.2. The van der Waals surface area contributed by atoms with Crippen LogP contribution in [0.1, 0.15) is 27.9 Å². The summed E-state index contributed by atoms with van der Waals surface area (Å²) in [5.74, 6) is 0.579. The molecule has 1 saturated heterocycles. The number of aryl methyl sites for hydroxylation is 1. The van der Waals surface area contributed by atoms with E-state index in [1.54, 1.807) is 40.5 Å². The lowest BCUT2D eigenvalue weighted by Gasteiger charge is -2.18. The molecule has 0 radical (unpaired) electrons. The van der Waals surface area contributed by atoms with E-state index < -0.39 is 0 Å². The molecule has 0 bridgehead atoms. The number of amides is 2. The van der Waals surface area contributed by atoms with Crippen molar-refractivity contribution in [1.29, 1.82) is 0 Å². The SMILES string of the molecule is O=C(CCc1ccccc1)c1ccnc(N2CCN(Cc3ccncc3)C2=O)c1. The van der Waals surface area contributed by atoms with E-state index in [9.17, 15) is 9.59 Å². The molecule has 6 heteroatoms. The van der Waals surface area contributed by atoms with Gasteiger partial charge in [-0.1, -0.05) is 30.3 Å². The Morgan fingerprint density at radius 3 is 2.52 bits per heavy atom. The van der Waals surface area contributed by atoms with Crippen molar-refractivity contribution in [2.45, 2.75) is 19.4 Å². The maximum Gasteiger partial charge on any atom is 0.326 e. The fraction of sp³-hybridized carbons (Fsp3) is 0.217. The Balaban J connectivity index is 1.41. The van der Waals surface area contributed by atoms with Gasteiger partial charge in [-0.05, 0) is 41.8 Å². The van der Waals surface area contributed by atoms with Crippen molar-refractivity contribution in [3.05, 3.63) is 89.9 Å². The second-order valence-electron chi connectivity index (χ2n) is 7.02. The van der Waals surface area contributed by atoms with E-state index >= 15 is 0 Å². The number of carbonyl (C=O) groups excluding carboxylic acids is 2. The molecule has 0 unspecified atom stereocenters. The fourth-order valence-electron chi connectivity index (χ4n) is 3.44. The summed E-state index contributed by atoms with van der Waals surface area (Å²) in [5, 5.41) is 0. The number of benzene rings is 1. The third kappa shape index (κ3) is 4.48. The molecule has 0 atom stereocenters. The highest BCUT2D eigenvalue weighted by atomic mass is 16.2. The van der Waals surface area contributed by atoms with Crippen molar-refractivity contribution < 1.29 is 9.59 Å². The number of anilines is 1. The van der Waals surface area contributed by atoms with Gasteiger partial charge in [-0.3, -0.25) is 14.7 Å². The van der Waals surface area contributed by atoms with E-state index in [4.69, 9.17) is 0 Å². The number of hydrogen-bond donors (Lipinski definition) is 0. The van der Waals surface area contributed by atoms with E-state index in [2.05, 4.69) is 9.97 Å². The molecule has 4 rings (SSSR count). The number of pyridine rings is 2. The second-order valence-corrected chi connectivity index (χ2v) is 7.02. The van der Waals surface area contributed by atoms with Crippen molar-refractivity contribution in [1.82, 2.24) is 14.9 Å². The highest BCUT2D eigenvalue weighted by Crippen LogP contribution is 2.21. The smallest absolute Gasteiger partial charge is 0.318 e. The van der Waals surface area contributed by atoms with Crippen LogP contribution in [0.4, 0.5) is 10.6 Å². The molecule has 2 amide bonds. The number of Topliss-reactive ketones (excluding diaryl/α,β-unsaturated/α-hetero) is 1. The van der Waals surface area contributed by atoms with Crippen LogP contribution in [0, 0.1) is 0 Å². The van der Waals surface area contributed by atoms with Crippen LogP contribution >= 0.6 is 0 Å². The van der Waals surface area contributed by atoms with Crippen LogP contribution in [0.5, 0.6) is 0 Å². The second kappa shape index (κ2) is 8.65. The minimum atomic E-state index is -0.0943. The number of nitrogens with zero attached hydrogens (tertiary/aromatic N) is 4. The van der Waals surface area contributed by atoms with Crippen LogP contribution in [0.25, 0.3) is 0 Å². The van der Waals surface area contributed by atoms with Crippen molar-refractivity contribution in [2.75, 3.05) is 18.0 Å². The molecule has 1 aromatic carbocycles. The molecule has 0 N–H and O–H groups in total. The zero-order valence-corrected chi connectivity index (χ0v) is 16.1. The molecule has 29 heavy (non-hydrogen) atoms. The third-order valence-electron chi connectivity index (χ3n) is 5.05. The standard InChI is InChI=1S/C23H22N4O2/c28-21(7-6-18-4-2-1-3-5-18)20-10-13-25-22(16-20)27-15-14-26(23(27)29)17-19-8-11-24-12-9-19/h1-5,8-13,16H,6-7,14-15,17H2. The molecule has 6 nitrogen and oxygen atoms in total. The number of carbonyl (C=O) groups is 2. The molecule has 3 heterocycles. The maximum absolute atomic E-state index is 12.8. The summed E-state index contributed by atoms with van der Waals surface area (Å²) in [6, 6.07) is 17.1. The van der Waals surface area contributed by atoms with E-state index in [0.29, 0.717) is 43.9 Å². The molecular weight excluding hydrogens is 364 g/mol. The lowest BCUT2D eigenvalue weighted by atomic mass is 10.0. The normalized spacial score (nSPS) is 13.7. The van der Waals surface area contributed by atoms with Crippen molar-refractivity contribution in [2.24, 2.45) is 0 Å². The summed E-state index contributed by atoms with van der Waals surface area (Å²) < 4.78 is 0. The summed E-state index contributed by atoms with van der Waals surface area (Å²) in [7, 11) is 0. The molecule has 1 aliphatic rings. The summed E-state index contributed by atoms with van der Waals surface area (Å²) >= 11 is 0. The lowest BCUT2D eigenvalue weighted by Crippen LogP contribution is -2.32. The summed E-state index contributed by atoms with van der Waals surface area (Å²) in [4.78, 5) is 37.2. The first-order valence-corrected chi connectivity index (χ1v) is 9.69. The largest absolute Gasteiger partial charge is 0.326 e. The predicted molar refractivity (Wildman–Crippen MR) is 111 cm³/mol. The average Bonchev–Trinajstić information content (AvgIpc) is 3.13. The summed E-state index contributed by atoms with van der Waals surface area (Å²) in [5.41, 5.74) is 2.76. The Kier molecular flexibility index (Phi) is 5.61. The monoisotopic (exact) mass is 386 g/mol. The van der Waals surface area contributed by atoms with E-state index in [0.717, 1.165) is 11.1 Å². The Hall–Kier alpha value is -3.54. The third-order valence-corrected chi connectivity index (χ3v) is 5.05. The minimum absolute atomic E-state index is 0.0535. The summed E-state index contributed by atoms with van der Waals surface area (Å²) in [6.07, 6.45) is 6.17. The first-order valence-electron chi connectivity index (χ1n) is 9.69. The van der Waals surface area contributed by atoms with Crippen LogP contribution in [-0.4, -0.2) is 39.8 Å². The van der Waals surface area contributed by atoms with Crippen molar-refractivity contribution in [3.63, 3.8) is 0 Å². The van der Waals surface area contributed by atoms with Gasteiger partial charge < -0.3 is 4.90 Å². The van der Waals surface area contributed by atoms with Gasteiger partial charge in [0.05, 0.1) is 0 Å². The predicted octanol–water partition coefficient (Wildman–Crippen LogP) is 3.73. The molecule has 0 aliphatic carbocycles. The number of urea groups is 1. The minimum Gasteiger partial charge on any atom is -0.318 e. The molecule has 3 aromatic rings. The van der Waals surface area contributed by atoms with E-state index in [1.165, 1.54) is 0 Å². The van der Waals surface area contributed by atoms with Gasteiger partial charge in [0.2, 0.25) is 0 Å². The van der Waals surface area contributed by atoms with E-state index in [-0.39, 0.29) is 11.8 Å². The van der Waals surface area contributed by atoms with Gasteiger partial charge >= 0.3 is 6.03 Å².